The lowest BCUT2D eigenvalue weighted by molar-refractivity contribution is -0.127. The summed E-state index contributed by atoms with van der Waals surface area (Å²) in [7, 11) is 0. The Bertz CT molecular complexity index is 562. The van der Waals surface area contributed by atoms with Gasteiger partial charge in [0.2, 0.25) is 0 Å². The number of rotatable bonds is 7. The van der Waals surface area contributed by atoms with Crippen LogP contribution in [0.4, 0.5) is 10.5 Å². The summed E-state index contributed by atoms with van der Waals surface area (Å²) < 4.78 is 5.06. The molecule has 0 saturated carbocycles. The van der Waals surface area contributed by atoms with E-state index >= 15 is 0 Å². The van der Waals surface area contributed by atoms with Crippen molar-refractivity contribution in [2.45, 2.75) is 20.0 Å². The zero-order chi connectivity index (χ0) is 17.2. The molecule has 0 aliphatic carbocycles. The van der Waals surface area contributed by atoms with Crippen molar-refractivity contribution in [3.8, 4) is 0 Å². The van der Waals surface area contributed by atoms with Crippen molar-refractivity contribution in [1.29, 1.82) is 0 Å². The van der Waals surface area contributed by atoms with Crippen LogP contribution < -0.4 is 16.0 Å². The van der Waals surface area contributed by atoms with E-state index in [1.165, 1.54) is 13.0 Å². The minimum absolute atomic E-state index is 0.0886. The van der Waals surface area contributed by atoms with Crippen LogP contribution in [-0.4, -0.2) is 48.8 Å². The second-order valence-electron chi connectivity index (χ2n) is 4.59. The average Bonchev–Trinajstić information content (AvgIpc) is 2.53. The van der Waals surface area contributed by atoms with E-state index in [-0.39, 0.29) is 18.7 Å². The van der Waals surface area contributed by atoms with Gasteiger partial charge in [0.05, 0.1) is 12.2 Å². The van der Waals surface area contributed by atoms with Crippen molar-refractivity contribution < 1.29 is 24.2 Å². The Labute approximate surface area is 134 Å². The van der Waals surface area contributed by atoms with Gasteiger partial charge < -0.3 is 20.5 Å². The van der Waals surface area contributed by atoms with Crippen molar-refractivity contribution in [2.75, 3.05) is 25.0 Å². The van der Waals surface area contributed by atoms with Crippen LogP contribution in [0.5, 0.6) is 0 Å². The number of imide groups is 1. The number of aliphatic hydroxyl groups excluding tert-OH is 1. The van der Waals surface area contributed by atoms with Gasteiger partial charge in [-0.2, -0.15) is 0 Å². The van der Waals surface area contributed by atoms with Gasteiger partial charge in [-0.1, -0.05) is 12.1 Å². The number of benzene rings is 1. The molecule has 0 spiro atoms. The number of carbonyl (C=O) groups is 3. The predicted molar refractivity (Wildman–Crippen MR) is 84.1 cm³/mol. The summed E-state index contributed by atoms with van der Waals surface area (Å²) in [5.41, 5.74) is 0.724. The highest BCUT2D eigenvalue weighted by molar-refractivity contribution is 6.00. The smallest absolute Gasteiger partial charge is 0.341 e. The van der Waals surface area contributed by atoms with E-state index in [1.807, 2.05) is 0 Å². The third-order valence-corrected chi connectivity index (χ3v) is 2.80. The van der Waals surface area contributed by atoms with Crippen molar-refractivity contribution in [1.82, 2.24) is 10.6 Å². The molecule has 0 bridgehead atoms. The third kappa shape index (κ3) is 5.95. The van der Waals surface area contributed by atoms with Crippen LogP contribution in [0.1, 0.15) is 24.2 Å². The normalized spacial score (nSPS) is 11.3. The van der Waals surface area contributed by atoms with Gasteiger partial charge in [0, 0.05) is 18.8 Å². The second-order valence-corrected chi connectivity index (χ2v) is 4.59. The van der Waals surface area contributed by atoms with Gasteiger partial charge in [-0.25, -0.2) is 9.59 Å². The quantitative estimate of drug-likeness (QED) is 0.542. The number of hydrogen-bond donors (Lipinski definition) is 4. The van der Waals surface area contributed by atoms with E-state index in [1.54, 1.807) is 25.1 Å². The molecule has 8 nitrogen and oxygen atoms in total. The molecule has 1 atom stereocenters. The van der Waals surface area contributed by atoms with Crippen LogP contribution in [-0.2, 0) is 9.53 Å². The van der Waals surface area contributed by atoms with Crippen molar-refractivity contribution >= 4 is 23.6 Å². The number of esters is 1. The van der Waals surface area contributed by atoms with Gasteiger partial charge in [-0.05, 0) is 26.0 Å². The molecule has 0 fully saturated rings. The van der Waals surface area contributed by atoms with Gasteiger partial charge in [0.15, 0.2) is 6.10 Å². The minimum atomic E-state index is -1.13. The number of nitrogens with one attached hydrogen (secondary N) is 3. The lowest BCUT2D eigenvalue weighted by atomic mass is 10.2. The molecule has 23 heavy (non-hydrogen) atoms. The molecule has 0 heterocycles. The lowest BCUT2D eigenvalue weighted by Crippen LogP contribution is -2.44. The SMILES string of the molecule is CCNC(=O)NC(=O)[C@H](C)OC(=O)c1ccccc1NCCO. The van der Waals surface area contributed by atoms with E-state index in [0.29, 0.717) is 12.2 Å². The first-order chi connectivity index (χ1) is 11.0. The van der Waals surface area contributed by atoms with Crippen molar-refractivity contribution in [3.63, 3.8) is 0 Å². The molecule has 4 N–H and O–H groups in total. The Morgan fingerprint density at radius 1 is 1.26 bits per heavy atom. The maximum Gasteiger partial charge on any atom is 0.341 e. The van der Waals surface area contributed by atoms with Gasteiger partial charge in [-0.3, -0.25) is 10.1 Å². The Kier molecular flexibility index (Phi) is 7.55. The Balaban J connectivity index is 2.68. The molecular weight excluding hydrogens is 302 g/mol. The monoisotopic (exact) mass is 323 g/mol. The maximum absolute atomic E-state index is 12.1. The first-order valence-electron chi connectivity index (χ1n) is 7.23. The highest BCUT2D eigenvalue weighted by atomic mass is 16.5. The molecule has 0 unspecified atom stereocenters. The van der Waals surface area contributed by atoms with Crippen LogP contribution >= 0.6 is 0 Å². The summed E-state index contributed by atoms with van der Waals surface area (Å²) in [6, 6.07) is 5.93. The molecule has 0 aliphatic heterocycles. The van der Waals surface area contributed by atoms with Crippen LogP contribution in [0.15, 0.2) is 24.3 Å². The number of urea groups is 1. The maximum atomic E-state index is 12.1. The van der Waals surface area contributed by atoms with E-state index in [9.17, 15) is 14.4 Å². The topological polar surface area (TPSA) is 117 Å². The highest BCUT2D eigenvalue weighted by Gasteiger charge is 2.22. The number of ether oxygens (including phenoxy) is 1. The standard InChI is InChI=1S/C15H21N3O5/c1-3-16-15(22)18-13(20)10(2)23-14(21)11-6-4-5-7-12(11)17-8-9-19/h4-7,10,17,19H,3,8-9H2,1-2H3,(H2,16,18,20,22)/t10-/m0/s1. The van der Waals surface area contributed by atoms with E-state index in [0.717, 1.165) is 0 Å². The van der Waals surface area contributed by atoms with E-state index < -0.39 is 24.0 Å². The van der Waals surface area contributed by atoms with Gasteiger partial charge in [0.1, 0.15) is 0 Å². The zero-order valence-corrected chi connectivity index (χ0v) is 13.1. The number of para-hydroxylation sites is 1. The fraction of sp³-hybridized carbons (Fsp3) is 0.400. The minimum Gasteiger partial charge on any atom is -0.449 e. The summed E-state index contributed by atoms with van der Waals surface area (Å²) in [4.78, 5) is 35.2. The summed E-state index contributed by atoms with van der Waals surface area (Å²) in [6.45, 7) is 3.64. The molecule has 0 radical (unpaired) electrons. The molecule has 1 aromatic carbocycles. The molecule has 1 rings (SSSR count). The molecule has 126 valence electrons. The molecular formula is C15H21N3O5. The number of amides is 3. The Morgan fingerprint density at radius 3 is 2.61 bits per heavy atom. The van der Waals surface area contributed by atoms with Crippen LogP contribution in [0, 0.1) is 0 Å². The van der Waals surface area contributed by atoms with Gasteiger partial charge >= 0.3 is 12.0 Å². The average molecular weight is 323 g/mol. The molecule has 8 heteroatoms. The fourth-order valence-corrected chi connectivity index (χ4v) is 1.70. The lowest BCUT2D eigenvalue weighted by Gasteiger charge is -2.15. The van der Waals surface area contributed by atoms with Gasteiger partial charge in [0.25, 0.3) is 5.91 Å². The molecule has 3 amide bonds. The number of hydrogen-bond acceptors (Lipinski definition) is 6. The predicted octanol–water partition coefficient (Wildman–Crippen LogP) is 0.482. The van der Waals surface area contributed by atoms with E-state index in [4.69, 9.17) is 9.84 Å². The zero-order valence-electron chi connectivity index (χ0n) is 13.1. The number of anilines is 1. The summed E-state index contributed by atoms with van der Waals surface area (Å²) in [6.07, 6.45) is -1.13. The van der Waals surface area contributed by atoms with Gasteiger partial charge in [-0.15, -0.1) is 0 Å². The summed E-state index contributed by atoms with van der Waals surface area (Å²) in [5.74, 6) is -1.42. The molecule has 0 saturated heterocycles. The highest BCUT2D eigenvalue weighted by Crippen LogP contribution is 2.16. The summed E-state index contributed by atoms with van der Waals surface area (Å²) >= 11 is 0. The molecule has 0 aromatic heterocycles. The van der Waals surface area contributed by atoms with E-state index in [2.05, 4.69) is 16.0 Å². The largest absolute Gasteiger partial charge is 0.449 e. The number of carbonyl (C=O) groups excluding carboxylic acids is 3. The molecule has 1 aromatic rings. The van der Waals surface area contributed by atoms with Crippen molar-refractivity contribution in [2.24, 2.45) is 0 Å². The Hall–Kier alpha value is -2.61. The fourth-order valence-electron chi connectivity index (χ4n) is 1.70. The first-order valence-corrected chi connectivity index (χ1v) is 7.23. The number of aliphatic hydroxyl groups is 1. The van der Waals surface area contributed by atoms with Crippen LogP contribution in [0.3, 0.4) is 0 Å². The van der Waals surface area contributed by atoms with Crippen LogP contribution in [0.25, 0.3) is 0 Å². The molecule has 0 aliphatic rings. The third-order valence-electron chi connectivity index (χ3n) is 2.80. The van der Waals surface area contributed by atoms with Crippen molar-refractivity contribution in [3.05, 3.63) is 29.8 Å². The summed E-state index contributed by atoms with van der Waals surface area (Å²) in [5, 5.41) is 16.2. The van der Waals surface area contributed by atoms with Crippen LogP contribution in [0.2, 0.25) is 0 Å². The first kappa shape index (κ1) is 18.4. The Morgan fingerprint density at radius 2 is 1.96 bits per heavy atom. The second kappa shape index (κ2) is 9.42.